The molecule has 2 aromatic rings. The maximum atomic E-state index is 5.24. The summed E-state index contributed by atoms with van der Waals surface area (Å²) in [7, 11) is 0. The minimum Gasteiger partial charge on any atom is -0.339 e. The van der Waals surface area contributed by atoms with Crippen molar-refractivity contribution in [1.29, 1.82) is 0 Å². The first-order valence-corrected chi connectivity index (χ1v) is 4.17. The summed E-state index contributed by atoms with van der Waals surface area (Å²) in [4.78, 5) is 4.11. The van der Waals surface area contributed by atoms with E-state index < -0.39 is 0 Å². The number of benzene rings is 1. The Bertz CT molecular complexity index is 421. The Kier molecular flexibility index (Phi) is 2.16. The summed E-state index contributed by atoms with van der Waals surface area (Å²) in [6.07, 6.45) is 0. The van der Waals surface area contributed by atoms with Gasteiger partial charge in [0.05, 0.1) is 0 Å². The van der Waals surface area contributed by atoms with E-state index in [9.17, 15) is 0 Å². The summed E-state index contributed by atoms with van der Waals surface area (Å²) in [6, 6.07) is 7.45. The Labute approximate surface area is 80.9 Å². The summed E-state index contributed by atoms with van der Waals surface area (Å²) in [5.74, 6) is 6.39. The molecule has 0 saturated heterocycles. The van der Waals surface area contributed by atoms with Gasteiger partial charge in [-0.3, -0.25) is 5.84 Å². The average Bonchev–Trinajstić information content (AvgIpc) is 2.65. The Morgan fingerprint density at radius 1 is 1.29 bits per heavy atom. The van der Waals surface area contributed by atoms with E-state index in [-0.39, 0.29) is 0 Å². The van der Waals surface area contributed by atoms with E-state index in [2.05, 4.69) is 15.6 Å². The predicted octanol–water partition coefficient (Wildman–Crippen LogP) is 1.33. The van der Waals surface area contributed by atoms with E-state index in [4.69, 9.17) is 10.4 Å². The molecule has 72 valence electrons. The van der Waals surface area contributed by atoms with Gasteiger partial charge < -0.3 is 9.95 Å². The number of rotatable bonds is 2. The van der Waals surface area contributed by atoms with E-state index in [0.29, 0.717) is 11.7 Å². The van der Waals surface area contributed by atoms with Crippen LogP contribution < -0.4 is 11.3 Å². The summed E-state index contributed by atoms with van der Waals surface area (Å²) in [5, 5.41) is 3.80. The highest BCUT2D eigenvalue weighted by atomic mass is 16.5. The van der Waals surface area contributed by atoms with Crippen LogP contribution in [0, 0.1) is 6.92 Å². The quantitative estimate of drug-likeness (QED) is 0.551. The largest absolute Gasteiger partial charge is 0.339 e. The highest BCUT2D eigenvalue weighted by Gasteiger charge is 2.04. The Morgan fingerprint density at radius 3 is 2.50 bits per heavy atom. The standard InChI is InChI=1S/C9H10N4O/c1-6-11-9(13-14-6)7-2-4-8(12-10)5-3-7/h2-5,12H,10H2,1H3. The fraction of sp³-hybridized carbons (Fsp3) is 0.111. The molecule has 0 aliphatic rings. The van der Waals surface area contributed by atoms with E-state index in [1.165, 1.54) is 0 Å². The number of aryl methyl sites for hydroxylation is 1. The predicted molar refractivity (Wildman–Crippen MR) is 52.3 cm³/mol. The molecule has 0 spiro atoms. The molecule has 3 N–H and O–H groups in total. The topological polar surface area (TPSA) is 77.0 Å². The normalized spacial score (nSPS) is 10.1. The zero-order valence-electron chi connectivity index (χ0n) is 7.69. The lowest BCUT2D eigenvalue weighted by Crippen LogP contribution is -2.05. The zero-order chi connectivity index (χ0) is 9.97. The van der Waals surface area contributed by atoms with Gasteiger partial charge in [0.2, 0.25) is 11.7 Å². The molecule has 1 aromatic heterocycles. The minimum absolute atomic E-state index is 0.557. The summed E-state index contributed by atoms with van der Waals surface area (Å²) in [6.45, 7) is 1.76. The van der Waals surface area contributed by atoms with Crippen molar-refractivity contribution in [2.24, 2.45) is 5.84 Å². The van der Waals surface area contributed by atoms with Crippen molar-refractivity contribution in [1.82, 2.24) is 10.1 Å². The van der Waals surface area contributed by atoms with Crippen molar-refractivity contribution < 1.29 is 4.52 Å². The molecule has 5 nitrogen and oxygen atoms in total. The number of hydrazine groups is 1. The number of nitrogens with zero attached hydrogens (tertiary/aromatic N) is 2. The molecule has 0 fully saturated rings. The van der Waals surface area contributed by atoms with Crippen LogP contribution >= 0.6 is 0 Å². The monoisotopic (exact) mass is 190 g/mol. The summed E-state index contributed by atoms with van der Waals surface area (Å²) < 4.78 is 4.87. The van der Waals surface area contributed by atoms with Crippen LogP contribution in [0.2, 0.25) is 0 Å². The van der Waals surface area contributed by atoms with Gasteiger partial charge in [-0.1, -0.05) is 5.16 Å². The van der Waals surface area contributed by atoms with Gasteiger partial charge in [0.1, 0.15) is 0 Å². The van der Waals surface area contributed by atoms with Crippen LogP contribution in [0.25, 0.3) is 11.4 Å². The second kappa shape index (κ2) is 3.47. The highest BCUT2D eigenvalue weighted by Crippen LogP contribution is 2.17. The van der Waals surface area contributed by atoms with Crippen molar-refractivity contribution in [2.45, 2.75) is 6.92 Å². The van der Waals surface area contributed by atoms with Gasteiger partial charge in [0, 0.05) is 18.2 Å². The van der Waals surface area contributed by atoms with E-state index in [0.717, 1.165) is 11.3 Å². The van der Waals surface area contributed by atoms with E-state index in [1.807, 2.05) is 24.3 Å². The van der Waals surface area contributed by atoms with Gasteiger partial charge in [0.25, 0.3) is 0 Å². The summed E-state index contributed by atoms with van der Waals surface area (Å²) >= 11 is 0. The Hall–Kier alpha value is -1.88. The Morgan fingerprint density at radius 2 is 2.00 bits per heavy atom. The van der Waals surface area contributed by atoms with E-state index in [1.54, 1.807) is 6.92 Å². The van der Waals surface area contributed by atoms with Crippen LogP contribution in [-0.2, 0) is 0 Å². The lowest BCUT2D eigenvalue weighted by molar-refractivity contribution is 0.394. The van der Waals surface area contributed by atoms with Gasteiger partial charge in [-0.25, -0.2) is 0 Å². The van der Waals surface area contributed by atoms with Crippen LogP contribution in [0.5, 0.6) is 0 Å². The molecule has 0 saturated carbocycles. The molecular weight excluding hydrogens is 180 g/mol. The SMILES string of the molecule is Cc1nc(-c2ccc(NN)cc2)no1. The average molecular weight is 190 g/mol. The smallest absolute Gasteiger partial charge is 0.223 e. The molecular formula is C9H10N4O. The van der Waals surface area contributed by atoms with Gasteiger partial charge in [-0.05, 0) is 24.3 Å². The van der Waals surface area contributed by atoms with Crippen LogP contribution in [-0.4, -0.2) is 10.1 Å². The molecule has 0 amide bonds. The van der Waals surface area contributed by atoms with Crippen molar-refractivity contribution in [3.8, 4) is 11.4 Å². The van der Waals surface area contributed by atoms with Gasteiger partial charge in [-0.2, -0.15) is 4.98 Å². The number of nitrogen functional groups attached to an aromatic ring is 1. The molecule has 14 heavy (non-hydrogen) atoms. The van der Waals surface area contributed by atoms with Crippen molar-refractivity contribution in [3.63, 3.8) is 0 Å². The molecule has 0 aliphatic carbocycles. The maximum absolute atomic E-state index is 5.24. The molecule has 1 heterocycles. The first kappa shape index (κ1) is 8.71. The molecule has 0 unspecified atom stereocenters. The molecule has 0 radical (unpaired) electrons. The molecule has 2 rings (SSSR count). The van der Waals surface area contributed by atoms with Gasteiger partial charge >= 0.3 is 0 Å². The maximum Gasteiger partial charge on any atom is 0.223 e. The van der Waals surface area contributed by atoms with Crippen molar-refractivity contribution in [2.75, 3.05) is 5.43 Å². The van der Waals surface area contributed by atoms with Crippen LogP contribution in [0.3, 0.4) is 0 Å². The van der Waals surface area contributed by atoms with Gasteiger partial charge in [-0.15, -0.1) is 0 Å². The van der Waals surface area contributed by atoms with Gasteiger partial charge in [0.15, 0.2) is 0 Å². The highest BCUT2D eigenvalue weighted by molar-refractivity contribution is 5.58. The fourth-order valence-electron chi connectivity index (χ4n) is 1.13. The van der Waals surface area contributed by atoms with Crippen molar-refractivity contribution in [3.05, 3.63) is 30.2 Å². The lowest BCUT2D eigenvalue weighted by Gasteiger charge is -1.99. The van der Waals surface area contributed by atoms with Crippen molar-refractivity contribution >= 4 is 5.69 Å². The zero-order valence-corrected chi connectivity index (χ0v) is 7.69. The number of nitrogens with two attached hydrogens (primary N) is 1. The number of nitrogens with one attached hydrogen (secondary N) is 1. The Balaban J connectivity index is 2.33. The molecule has 0 atom stereocenters. The van der Waals surface area contributed by atoms with Crippen LogP contribution in [0.4, 0.5) is 5.69 Å². The van der Waals surface area contributed by atoms with Crippen LogP contribution in [0.1, 0.15) is 5.89 Å². The second-order valence-electron chi connectivity index (χ2n) is 2.86. The lowest BCUT2D eigenvalue weighted by atomic mass is 10.2. The van der Waals surface area contributed by atoms with E-state index >= 15 is 0 Å². The molecule has 0 aliphatic heterocycles. The molecule has 5 heteroatoms. The number of hydrogen-bond acceptors (Lipinski definition) is 5. The first-order valence-electron chi connectivity index (χ1n) is 4.17. The first-order chi connectivity index (χ1) is 6.79. The number of anilines is 1. The second-order valence-corrected chi connectivity index (χ2v) is 2.86. The number of hydrogen-bond donors (Lipinski definition) is 2. The minimum atomic E-state index is 0.557. The fourth-order valence-corrected chi connectivity index (χ4v) is 1.13. The number of aromatic nitrogens is 2. The summed E-state index contributed by atoms with van der Waals surface area (Å²) in [5.41, 5.74) is 4.29. The molecule has 0 bridgehead atoms. The van der Waals surface area contributed by atoms with Crippen LogP contribution in [0.15, 0.2) is 28.8 Å². The third-order valence-corrected chi connectivity index (χ3v) is 1.84. The molecule has 1 aromatic carbocycles. The third kappa shape index (κ3) is 1.57. The third-order valence-electron chi connectivity index (χ3n) is 1.84.